The van der Waals surface area contributed by atoms with Crippen molar-refractivity contribution in [2.75, 3.05) is 20.3 Å². The number of hydrogen-bond donors (Lipinski definition) is 2. The summed E-state index contributed by atoms with van der Waals surface area (Å²) in [5.74, 6) is 0.702. The van der Waals surface area contributed by atoms with Crippen LogP contribution in [-0.2, 0) is 17.8 Å². The van der Waals surface area contributed by atoms with Crippen molar-refractivity contribution in [1.82, 2.24) is 10.6 Å². The van der Waals surface area contributed by atoms with E-state index in [4.69, 9.17) is 4.74 Å². The summed E-state index contributed by atoms with van der Waals surface area (Å²) < 4.78 is 5.07. The number of nitro groups is 1. The number of aliphatic imine (C=N–C) groups is 1. The normalized spacial score (nSPS) is 11.3. The van der Waals surface area contributed by atoms with Gasteiger partial charge in [-0.3, -0.25) is 10.1 Å². The van der Waals surface area contributed by atoms with Gasteiger partial charge in [-0.15, -0.1) is 0 Å². The lowest BCUT2D eigenvalue weighted by molar-refractivity contribution is -0.384. The van der Waals surface area contributed by atoms with Gasteiger partial charge in [0.2, 0.25) is 0 Å². The lowest BCUT2D eigenvalue weighted by atomic mass is 10.1. The third kappa shape index (κ3) is 7.07. The van der Waals surface area contributed by atoms with Crippen LogP contribution in [0.3, 0.4) is 0 Å². The monoisotopic (exact) mass is 370 g/mol. The van der Waals surface area contributed by atoms with Gasteiger partial charge >= 0.3 is 0 Å². The molecule has 2 aromatic rings. The van der Waals surface area contributed by atoms with Gasteiger partial charge in [-0.05, 0) is 30.0 Å². The van der Waals surface area contributed by atoms with Crippen molar-refractivity contribution >= 4 is 11.6 Å². The second-order valence-corrected chi connectivity index (χ2v) is 6.14. The number of nitrogens with one attached hydrogen (secondary N) is 2. The van der Waals surface area contributed by atoms with Crippen molar-refractivity contribution < 1.29 is 9.66 Å². The Morgan fingerprint density at radius 2 is 1.89 bits per heavy atom. The number of nitro benzene ring substituents is 1. The van der Waals surface area contributed by atoms with Gasteiger partial charge in [0, 0.05) is 38.9 Å². The molecule has 144 valence electrons. The fraction of sp³-hybridized carbons (Fsp3) is 0.350. The summed E-state index contributed by atoms with van der Waals surface area (Å²) in [4.78, 5) is 14.9. The molecule has 0 aliphatic heterocycles. The van der Waals surface area contributed by atoms with Crippen LogP contribution in [0.25, 0.3) is 0 Å². The second-order valence-electron chi connectivity index (χ2n) is 6.14. The minimum atomic E-state index is -0.403. The Hall–Kier alpha value is -2.93. The third-order valence-electron chi connectivity index (χ3n) is 4.09. The molecule has 0 unspecified atom stereocenters. The minimum absolute atomic E-state index is 0.0818. The molecule has 7 heteroatoms. The summed E-state index contributed by atoms with van der Waals surface area (Å²) in [6, 6.07) is 14.7. The number of ether oxygens (including phenoxy) is 1. The average Bonchev–Trinajstić information content (AvgIpc) is 2.68. The van der Waals surface area contributed by atoms with Gasteiger partial charge in [-0.25, -0.2) is 4.99 Å². The van der Waals surface area contributed by atoms with Crippen molar-refractivity contribution in [3.63, 3.8) is 0 Å². The molecule has 0 saturated heterocycles. The Morgan fingerprint density at radius 3 is 2.56 bits per heavy atom. The van der Waals surface area contributed by atoms with Gasteiger partial charge in [0.15, 0.2) is 5.96 Å². The Labute approximate surface area is 159 Å². The first-order chi connectivity index (χ1) is 13.1. The maximum absolute atomic E-state index is 10.7. The van der Waals surface area contributed by atoms with Crippen LogP contribution in [0.15, 0.2) is 53.5 Å². The first-order valence-corrected chi connectivity index (χ1v) is 8.89. The number of methoxy groups -OCH3 is 1. The van der Waals surface area contributed by atoms with E-state index < -0.39 is 4.92 Å². The molecule has 0 spiro atoms. The molecule has 0 bridgehead atoms. The zero-order valence-electron chi connectivity index (χ0n) is 15.8. The number of non-ortho nitro benzene ring substituents is 1. The van der Waals surface area contributed by atoms with E-state index >= 15 is 0 Å². The predicted molar refractivity (Wildman–Crippen MR) is 107 cm³/mol. The van der Waals surface area contributed by atoms with Crippen LogP contribution in [-0.4, -0.2) is 31.1 Å². The molecule has 2 aromatic carbocycles. The van der Waals surface area contributed by atoms with Crippen LogP contribution >= 0.6 is 0 Å². The van der Waals surface area contributed by atoms with Crippen molar-refractivity contribution in [2.45, 2.75) is 26.4 Å². The van der Waals surface area contributed by atoms with Crippen molar-refractivity contribution in [1.29, 1.82) is 0 Å². The van der Waals surface area contributed by atoms with Gasteiger partial charge in [-0.2, -0.15) is 0 Å². The molecule has 27 heavy (non-hydrogen) atoms. The highest BCUT2D eigenvalue weighted by Crippen LogP contribution is 2.12. The summed E-state index contributed by atoms with van der Waals surface area (Å²) in [6.45, 7) is 4.61. The number of nitrogens with zero attached hydrogens (tertiary/aromatic N) is 2. The number of rotatable bonds is 9. The Morgan fingerprint density at radius 1 is 1.15 bits per heavy atom. The van der Waals surface area contributed by atoms with Crippen molar-refractivity contribution in [3.8, 4) is 0 Å². The van der Waals surface area contributed by atoms with Gasteiger partial charge in [0.1, 0.15) is 0 Å². The van der Waals surface area contributed by atoms with E-state index in [1.807, 2.05) is 12.1 Å². The zero-order valence-corrected chi connectivity index (χ0v) is 15.8. The third-order valence-corrected chi connectivity index (χ3v) is 4.09. The fourth-order valence-electron chi connectivity index (χ4n) is 2.48. The van der Waals surface area contributed by atoms with Crippen molar-refractivity contribution in [2.24, 2.45) is 4.99 Å². The van der Waals surface area contributed by atoms with Crippen LogP contribution in [0, 0.1) is 17.0 Å². The van der Waals surface area contributed by atoms with E-state index in [0.717, 1.165) is 18.5 Å². The SMILES string of the molecule is COCCCNC(=NCc1ccc([N+](=O)[O-])cc1)NCc1ccccc1C. The zero-order chi connectivity index (χ0) is 19.5. The highest BCUT2D eigenvalue weighted by atomic mass is 16.6. The highest BCUT2D eigenvalue weighted by Gasteiger charge is 2.05. The van der Waals surface area contributed by atoms with Crippen LogP contribution in [0.5, 0.6) is 0 Å². The van der Waals surface area contributed by atoms with E-state index in [1.54, 1.807) is 19.2 Å². The molecule has 0 aliphatic carbocycles. The molecule has 0 aromatic heterocycles. The quantitative estimate of drug-likeness (QED) is 0.233. The molecule has 2 rings (SSSR count). The van der Waals surface area contributed by atoms with E-state index in [1.165, 1.54) is 23.3 Å². The molecular formula is C20H26N4O3. The van der Waals surface area contributed by atoms with Crippen LogP contribution < -0.4 is 10.6 Å². The maximum Gasteiger partial charge on any atom is 0.269 e. The standard InChI is InChI=1S/C20H26N4O3/c1-16-6-3-4-7-18(16)15-23-20(21-12-5-13-27-2)22-14-17-8-10-19(11-9-17)24(25)26/h3-4,6-11H,5,12-15H2,1-2H3,(H2,21,22,23). The van der Waals surface area contributed by atoms with Crippen molar-refractivity contribution in [3.05, 3.63) is 75.3 Å². The Kier molecular flexibility index (Phi) is 8.25. The lowest BCUT2D eigenvalue weighted by Gasteiger charge is -2.14. The first kappa shape index (κ1) is 20.4. The summed E-state index contributed by atoms with van der Waals surface area (Å²) in [5, 5.41) is 17.4. The number of benzene rings is 2. The van der Waals surface area contributed by atoms with Gasteiger partial charge in [-0.1, -0.05) is 36.4 Å². The molecule has 0 radical (unpaired) electrons. The number of aryl methyl sites for hydroxylation is 1. The highest BCUT2D eigenvalue weighted by molar-refractivity contribution is 5.79. The van der Waals surface area contributed by atoms with E-state index in [9.17, 15) is 10.1 Å². The van der Waals surface area contributed by atoms with E-state index in [-0.39, 0.29) is 5.69 Å². The molecule has 0 atom stereocenters. The molecule has 0 fully saturated rings. The summed E-state index contributed by atoms with van der Waals surface area (Å²) in [5.41, 5.74) is 3.42. The summed E-state index contributed by atoms with van der Waals surface area (Å²) >= 11 is 0. The van der Waals surface area contributed by atoms with E-state index in [0.29, 0.717) is 25.7 Å². The minimum Gasteiger partial charge on any atom is -0.385 e. The lowest BCUT2D eigenvalue weighted by Crippen LogP contribution is -2.38. The molecule has 0 saturated carbocycles. The smallest absolute Gasteiger partial charge is 0.269 e. The molecular weight excluding hydrogens is 344 g/mol. The Bertz CT molecular complexity index is 760. The first-order valence-electron chi connectivity index (χ1n) is 8.89. The summed E-state index contributed by atoms with van der Waals surface area (Å²) in [6.07, 6.45) is 0.874. The predicted octanol–water partition coefficient (Wildman–Crippen LogP) is 3.18. The second kappa shape index (κ2) is 10.9. The molecule has 0 aliphatic rings. The molecule has 2 N–H and O–H groups in total. The number of hydrogen-bond acceptors (Lipinski definition) is 4. The van der Waals surface area contributed by atoms with Crippen LogP contribution in [0.2, 0.25) is 0 Å². The van der Waals surface area contributed by atoms with Gasteiger partial charge in [0.05, 0.1) is 11.5 Å². The summed E-state index contributed by atoms with van der Waals surface area (Å²) in [7, 11) is 1.68. The van der Waals surface area contributed by atoms with Gasteiger partial charge in [0.25, 0.3) is 5.69 Å². The maximum atomic E-state index is 10.7. The molecule has 7 nitrogen and oxygen atoms in total. The molecule has 0 heterocycles. The molecule has 0 amide bonds. The topological polar surface area (TPSA) is 88.8 Å². The average molecular weight is 370 g/mol. The van der Waals surface area contributed by atoms with Crippen LogP contribution in [0.1, 0.15) is 23.1 Å². The largest absolute Gasteiger partial charge is 0.385 e. The van der Waals surface area contributed by atoms with Crippen LogP contribution in [0.4, 0.5) is 5.69 Å². The Balaban J connectivity index is 2.00. The van der Waals surface area contributed by atoms with Gasteiger partial charge < -0.3 is 15.4 Å². The number of guanidine groups is 1. The fourth-order valence-corrected chi connectivity index (χ4v) is 2.48. The van der Waals surface area contributed by atoms with E-state index in [2.05, 4.69) is 34.7 Å².